The monoisotopic (exact) mass is 301 g/mol. The number of rotatable bonds is 4. The number of H-pyrrole nitrogens is 1. The molecule has 0 saturated carbocycles. The van der Waals surface area contributed by atoms with Crippen LogP contribution in [0.25, 0.3) is 0 Å². The molecule has 0 aliphatic carbocycles. The zero-order valence-electron chi connectivity index (χ0n) is 10.9. The Morgan fingerprint density at radius 1 is 1.30 bits per heavy atom. The second-order valence-electron chi connectivity index (χ2n) is 4.32. The lowest BCUT2D eigenvalue weighted by molar-refractivity contribution is 0.562. The molecule has 0 aliphatic rings. The molecule has 0 radical (unpaired) electrons. The predicted molar refractivity (Wildman–Crippen MR) is 68.4 cm³/mol. The molecule has 0 unspecified atom stereocenters. The average molecular weight is 301 g/mol. The van der Waals surface area contributed by atoms with E-state index in [1.54, 1.807) is 13.8 Å². The molecule has 2 rings (SSSR count). The van der Waals surface area contributed by atoms with Crippen molar-refractivity contribution in [1.29, 1.82) is 0 Å². The van der Waals surface area contributed by atoms with Gasteiger partial charge in [-0.3, -0.25) is 5.10 Å². The Morgan fingerprint density at radius 3 is 2.55 bits per heavy atom. The van der Waals surface area contributed by atoms with Crippen LogP contribution >= 0.6 is 0 Å². The van der Waals surface area contributed by atoms with Gasteiger partial charge in [-0.15, -0.1) is 0 Å². The molecule has 20 heavy (non-hydrogen) atoms. The van der Waals surface area contributed by atoms with Gasteiger partial charge in [-0.25, -0.2) is 21.9 Å². The van der Waals surface area contributed by atoms with Crippen LogP contribution in [0, 0.1) is 25.5 Å². The summed E-state index contributed by atoms with van der Waals surface area (Å²) < 4.78 is 52.7. The van der Waals surface area contributed by atoms with Gasteiger partial charge in [0.05, 0.1) is 11.4 Å². The molecule has 0 saturated heterocycles. The van der Waals surface area contributed by atoms with Gasteiger partial charge in [0.2, 0.25) is 10.0 Å². The van der Waals surface area contributed by atoms with Gasteiger partial charge in [0.1, 0.15) is 16.5 Å². The summed E-state index contributed by atoms with van der Waals surface area (Å²) in [5.41, 5.74) is 0.790. The summed E-state index contributed by atoms with van der Waals surface area (Å²) in [6.45, 7) is 2.86. The molecule has 2 N–H and O–H groups in total. The molecule has 0 atom stereocenters. The summed E-state index contributed by atoms with van der Waals surface area (Å²) in [6.07, 6.45) is 0. The number of aryl methyl sites for hydroxylation is 2. The topological polar surface area (TPSA) is 74.8 Å². The number of nitrogens with zero attached hydrogens (tertiary/aromatic N) is 1. The summed E-state index contributed by atoms with van der Waals surface area (Å²) in [5.74, 6) is -1.51. The molecule has 8 heteroatoms. The molecule has 2 aromatic rings. The molecule has 1 heterocycles. The lowest BCUT2D eigenvalue weighted by Crippen LogP contribution is -2.24. The van der Waals surface area contributed by atoms with Gasteiger partial charge in [0.25, 0.3) is 0 Å². The Balaban J connectivity index is 2.22. The molecular formula is C12H13F2N3O2S. The fourth-order valence-electron chi connectivity index (χ4n) is 1.85. The van der Waals surface area contributed by atoms with E-state index in [1.165, 1.54) is 6.07 Å². The molecule has 108 valence electrons. The number of benzene rings is 1. The van der Waals surface area contributed by atoms with E-state index < -0.39 is 21.7 Å². The number of aromatic nitrogens is 2. The van der Waals surface area contributed by atoms with Gasteiger partial charge in [-0.05, 0) is 19.9 Å². The van der Waals surface area contributed by atoms with E-state index in [2.05, 4.69) is 14.9 Å². The van der Waals surface area contributed by atoms with Crippen LogP contribution in [0.5, 0.6) is 0 Å². The highest BCUT2D eigenvalue weighted by molar-refractivity contribution is 7.89. The van der Waals surface area contributed by atoms with E-state index in [9.17, 15) is 17.2 Å². The van der Waals surface area contributed by atoms with Crippen molar-refractivity contribution in [3.05, 3.63) is 46.8 Å². The van der Waals surface area contributed by atoms with E-state index in [-0.39, 0.29) is 17.0 Å². The number of hydrogen-bond acceptors (Lipinski definition) is 3. The van der Waals surface area contributed by atoms with Crippen LogP contribution in [-0.4, -0.2) is 18.6 Å². The summed E-state index contributed by atoms with van der Waals surface area (Å²) >= 11 is 0. The van der Waals surface area contributed by atoms with Crippen LogP contribution in [0.2, 0.25) is 0 Å². The minimum absolute atomic E-state index is 0.0417. The fourth-order valence-corrected chi connectivity index (χ4v) is 3.22. The predicted octanol–water partition coefficient (Wildman–Crippen LogP) is 1.78. The fraction of sp³-hybridized carbons (Fsp3) is 0.250. The van der Waals surface area contributed by atoms with Gasteiger partial charge < -0.3 is 0 Å². The highest BCUT2D eigenvalue weighted by atomic mass is 32.2. The van der Waals surface area contributed by atoms with E-state index in [1.807, 2.05) is 0 Å². The van der Waals surface area contributed by atoms with Gasteiger partial charge in [-0.2, -0.15) is 5.10 Å². The summed E-state index contributed by atoms with van der Waals surface area (Å²) in [7, 11) is -3.81. The van der Waals surface area contributed by atoms with Crippen LogP contribution in [0.4, 0.5) is 8.78 Å². The summed E-state index contributed by atoms with van der Waals surface area (Å²) in [4.78, 5) is 0.0417. The Bertz CT molecular complexity index is 722. The maximum atomic E-state index is 13.4. The Hall–Kier alpha value is -1.80. The highest BCUT2D eigenvalue weighted by Gasteiger charge is 2.22. The van der Waals surface area contributed by atoms with Crippen molar-refractivity contribution in [2.24, 2.45) is 0 Å². The first kappa shape index (κ1) is 14.6. The van der Waals surface area contributed by atoms with Crippen molar-refractivity contribution in [3.8, 4) is 0 Å². The third-order valence-corrected chi connectivity index (χ3v) is 4.46. The van der Waals surface area contributed by atoms with Crippen LogP contribution in [0.15, 0.2) is 23.1 Å². The maximum Gasteiger partial charge on any atom is 0.244 e. The number of aromatic amines is 1. The molecule has 0 amide bonds. The summed E-state index contributed by atoms with van der Waals surface area (Å²) in [6, 6.07) is 2.97. The van der Waals surface area contributed by atoms with E-state index in [4.69, 9.17) is 0 Å². The normalized spacial score (nSPS) is 11.8. The first-order valence-electron chi connectivity index (χ1n) is 5.76. The minimum Gasteiger partial charge on any atom is -0.281 e. The Labute approximate surface area is 115 Å². The highest BCUT2D eigenvalue weighted by Crippen LogP contribution is 2.17. The largest absolute Gasteiger partial charge is 0.281 e. The lowest BCUT2D eigenvalue weighted by Gasteiger charge is -2.07. The lowest BCUT2D eigenvalue weighted by atomic mass is 10.2. The molecule has 0 bridgehead atoms. The number of sulfonamides is 1. The van der Waals surface area contributed by atoms with Crippen molar-refractivity contribution in [1.82, 2.24) is 14.9 Å². The molecule has 0 aliphatic heterocycles. The number of nitrogens with one attached hydrogen (secondary N) is 2. The number of halogens is 2. The molecule has 0 fully saturated rings. The zero-order valence-corrected chi connectivity index (χ0v) is 11.7. The second-order valence-corrected chi connectivity index (χ2v) is 6.03. The van der Waals surface area contributed by atoms with Gasteiger partial charge in [0.15, 0.2) is 0 Å². The van der Waals surface area contributed by atoms with Gasteiger partial charge in [-0.1, -0.05) is 6.07 Å². The van der Waals surface area contributed by atoms with Gasteiger partial charge in [0, 0.05) is 18.2 Å². The Morgan fingerprint density at radius 2 is 2.00 bits per heavy atom. The first-order valence-corrected chi connectivity index (χ1v) is 7.25. The van der Waals surface area contributed by atoms with E-state index in [0.717, 1.165) is 6.07 Å². The standard InChI is InChI=1S/C12H13F2N3O2S/c1-7-12(8(2)17-16-7)20(18,19)15-6-9-3-4-10(13)5-11(9)14/h3-5,15H,6H2,1-2H3,(H,16,17). The molecule has 0 spiro atoms. The quantitative estimate of drug-likeness (QED) is 0.904. The zero-order chi connectivity index (χ0) is 14.9. The molecule has 1 aromatic heterocycles. The SMILES string of the molecule is Cc1n[nH]c(C)c1S(=O)(=O)NCc1ccc(F)cc1F. The van der Waals surface area contributed by atoms with Crippen molar-refractivity contribution in [2.45, 2.75) is 25.3 Å². The second kappa shape index (κ2) is 5.29. The van der Waals surface area contributed by atoms with Gasteiger partial charge >= 0.3 is 0 Å². The minimum atomic E-state index is -3.81. The third kappa shape index (κ3) is 2.86. The molecule has 5 nitrogen and oxygen atoms in total. The van der Waals surface area contributed by atoms with Crippen molar-refractivity contribution in [3.63, 3.8) is 0 Å². The first-order chi connectivity index (χ1) is 9.31. The molecule has 1 aromatic carbocycles. The smallest absolute Gasteiger partial charge is 0.244 e. The van der Waals surface area contributed by atoms with Crippen LogP contribution in [-0.2, 0) is 16.6 Å². The van der Waals surface area contributed by atoms with Crippen molar-refractivity contribution >= 4 is 10.0 Å². The number of hydrogen-bond donors (Lipinski definition) is 2. The van der Waals surface area contributed by atoms with Crippen LogP contribution in [0.1, 0.15) is 17.0 Å². The van der Waals surface area contributed by atoms with Crippen molar-refractivity contribution < 1.29 is 17.2 Å². The Kier molecular flexibility index (Phi) is 3.87. The third-order valence-electron chi connectivity index (χ3n) is 2.80. The van der Waals surface area contributed by atoms with E-state index >= 15 is 0 Å². The maximum absolute atomic E-state index is 13.4. The molecular weight excluding hydrogens is 288 g/mol. The van der Waals surface area contributed by atoms with Crippen LogP contribution in [0.3, 0.4) is 0 Å². The average Bonchev–Trinajstić information content (AvgIpc) is 2.68. The van der Waals surface area contributed by atoms with Crippen LogP contribution < -0.4 is 4.72 Å². The van der Waals surface area contributed by atoms with Crippen molar-refractivity contribution in [2.75, 3.05) is 0 Å². The van der Waals surface area contributed by atoms with E-state index in [0.29, 0.717) is 17.5 Å². The summed E-state index contributed by atoms with van der Waals surface area (Å²) in [5, 5.41) is 6.37.